The molecule has 2 fully saturated rings. The van der Waals surface area contributed by atoms with Crippen molar-refractivity contribution in [1.29, 1.82) is 0 Å². The van der Waals surface area contributed by atoms with Gasteiger partial charge in [0.25, 0.3) is 0 Å². The minimum Gasteiger partial charge on any atom is -0.508 e. The Labute approximate surface area is 150 Å². The topological polar surface area (TPSA) is 46.5 Å². The predicted octanol–water partition coefficient (Wildman–Crippen LogP) is 4.82. The van der Waals surface area contributed by atoms with Gasteiger partial charge in [0.15, 0.2) is 0 Å². The molecule has 3 aliphatic rings. The second-order valence-electron chi connectivity index (χ2n) is 8.77. The standard InChI is InChI=1S/C22H30O3/c1-4-14-11-15-12-16(24)5-6-17(15)18-9-10-22(3)19(21(14)18)7-8-20(22)25-13(2)23/h5-6,12,14,18-21,24H,4,7-11H2,1-3H3/t14-,18?,19?,20-,21?,22-/m0/s1. The van der Waals surface area contributed by atoms with E-state index in [0.29, 0.717) is 29.4 Å². The van der Waals surface area contributed by atoms with Crippen LogP contribution >= 0.6 is 0 Å². The summed E-state index contributed by atoms with van der Waals surface area (Å²) in [6, 6.07) is 6.00. The Hall–Kier alpha value is -1.51. The van der Waals surface area contributed by atoms with Crippen LogP contribution in [0.5, 0.6) is 5.75 Å². The fourth-order valence-electron chi connectivity index (χ4n) is 6.53. The van der Waals surface area contributed by atoms with E-state index in [1.54, 1.807) is 6.92 Å². The first-order valence-corrected chi connectivity index (χ1v) is 9.93. The summed E-state index contributed by atoms with van der Waals surface area (Å²) in [5.41, 5.74) is 2.95. The van der Waals surface area contributed by atoms with Gasteiger partial charge in [-0.25, -0.2) is 0 Å². The second-order valence-corrected chi connectivity index (χ2v) is 8.77. The molecule has 0 heterocycles. The second kappa shape index (κ2) is 6.03. The Kier molecular flexibility index (Phi) is 4.09. The lowest BCUT2D eigenvalue weighted by Crippen LogP contribution is -2.47. The zero-order chi connectivity index (χ0) is 17.8. The number of rotatable bonds is 2. The van der Waals surface area contributed by atoms with Crippen molar-refractivity contribution in [3.05, 3.63) is 29.3 Å². The maximum atomic E-state index is 11.6. The number of ether oxygens (including phenoxy) is 1. The molecule has 0 saturated heterocycles. The van der Waals surface area contributed by atoms with Crippen molar-refractivity contribution in [2.24, 2.45) is 23.2 Å². The van der Waals surface area contributed by atoms with Gasteiger partial charge in [0, 0.05) is 12.3 Å². The molecule has 0 aromatic heterocycles. The molecule has 3 unspecified atom stereocenters. The smallest absolute Gasteiger partial charge is 0.302 e. The Morgan fingerprint density at radius 1 is 1.32 bits per heavy atom. The molecule has 6 atom stereocenters. The van der Waals surface area contributed by atoms with Crippen LogP contribution in [0.1, 0.15) is 69.9 Å². The van der Waals surface area contributed by atoms with Crippen molar-refractivity contribution in [3.8, 4) is 5.75 Å². The third kappa shape index (κ3) is 2.58. The largest absolute Gasteiger partial charge is 0.508 e. The third-order valence-electron chi connectivity index (χ3n) is 7.63. The third-order valence-corrected chi connectivity index (χ3v) is 7.63. The van der Waals surface area contributed by atoms with Crippen molar-refractivity contribution in [1.82, 2.24) is 0 Å². The van der Waals surface area contributed by atoms with Crippen LogP contribution in [0.25, 0.3) is 0 Å². The maximum absolute atomic E-state index is 11.6. The zero-order valence-electron chi connectivity index (χ0n) is 15.6. The number of phenolic OH excluding ortho intramolecular Hbond substituents is 1. The monoisotopic (exact) mass is 342 g/mol. The quantitative estimate of drug-likeness (QED) is 0.784. The molecule has 0 spiro atoms. The molecule has 2 saturated carbocycles. The molecular weight excluding hydrogens is 312 g/mol. The van der Waals surface area contributed by atoms with Crippen LogP contribution < -0.4 is 0 Å². The molecule has 1 N–H and O–H groups in total. The fraction of sp³-hybridized carbons (Fsp3) is 0.682. The summed E-state index contributed by atoms with van der Waals surface area (Å²) in [7, 11) is 0. The van der Waals surface area contributed by atoms with Crippen LogP contribution in [0, 0.1) is 23.2 Å². The van der Waals surface area contributed by atoms with Crippen molar-refractivity contribution < 1.29 is 14.6 Å². The lowest BCUT2D eigenvalue weighted by atomic mass is 9.52. The first-order chi connectivity index (χ1) is 11.9. The Morgan fingerprint density at radius 2 is 2.12 bits per heavy atom. The molecule has 3 heteroatoms. The normalized spacial score (nSPS) is 39.2. The van der Waals surface area contributed by atoms with Gasteiger partial charge >= 0.3 is 5.97 Å². The van der Waals surface area contributed by atoms with Crippen molar-refractivity contribution in [3.63, 3.8) is 0 Å². The summed E-state index contributed by atoms with van der Waals surface area (Å²) in [5, 5.41) is 9.90. The van der Waals surface area contributed by atoms with Gasteiger partial charge in [0.05, 0.1) is 0 Å². The molecule has 25 heavy (non-hydrogen) atoms. The summed E-state index contributed by atoms with van der Waals surface area (Å²) in [5.74, 6) is 2.85. The van der Waals surface area contributed by atoms with Gasteiger partial charge in [-0.15, -0.1) is 0 Å². The number of carbonyl (C=O) groups excluding carboxylic acids is 1. The molecule has 3 nitrogen and oxygen atoms in total. The molecule has 1 aromatic carbocycles. The molecule has 4 rings (SSSR count). The molecule has 1 aromatic rings. The van der Waals surface area contributed by atoms with E-state index in [2.05, 4.69) is 19.9 Å². The van der Waals surface area contributed by atoms with Crippen molar-refractivity contribution in [2.75, 3.05) is 0 Å². The Bertz CT molecular complexity index is 682. The van der Waals surface area contributed by atoms with Crippen molar-refractivity contribution >= 4 is 5.97 Å². The van der Waals surface area contributed by atoms with E-state index >= 15 is 0 Å². The van der Waals surface area contributed by atoms with E-state index in [0.717, 1.165) is 19.3 Å². The lowest BCUT2D eigenvalue weighted by Gasteiger charge is -2.53. The number of hydrogen-bond acceptors (Lipinski definition) is 3. The van der Waals surface area contributed by atoms with Gasteiger partial charge in [-0.1, -0.05) is 26.3 Å². The van der Waals surface area contributed by atoms with E-state index in [4.69, 9.17) is 4.74 Å². The van der Waals surface area contributed by atoms with Crippen LogP contribution in [0.2, 0.25) is 0 Å². The van der Waals surface area contributed by atoms with Gasteiger partial charge in [-0.3, -0.25) is 4.79 Å². The van der Waals surface area contributed by atoms with Crippen LogP contribution in [0.15, 0.2) is 18.2 Å². The molecule has 0 amide bonds. The number of aromatic hydroxyl groups is 1. The van der Waals surface area contributed by atoms with E-state index in [1.807, 2.05) is 12.1 Å². The van der Waals surface area contributed by atoms with Gasteiger partial charge in [-0.05, 0) is 79.0 Å². The number of phenols is 1. The van der Waals surface area contributed by atoms with E-state index in [1.165, 1.54) is 30.4 Å². The lowest BCUT2D eigenvalue weighted by molar-refractivity contribution is -0.155. The first kappa shape index (κ1) is 16.9. The number of fused-ring (bicyclic) bond motifs is 5. The summed E-state index contributed by atoms with van der Waals surface area (Å²) in [4.78, 5) is 11.6. The number of esters is 1. The number of benzene rings is 1. The average molecular weight is 342 g/mol. The van der Waals surface area contributed by atoms with Crippen molar-refractivity contribution in [2.45, 2.75) is 71.3 Å². The summed E-state index contributed by atoms with van der Waals surface area (Å²) in [6.07, 6.45) is 6.85. The number of carbonyl (C=O) groups is 1. The predicted molar refractivity (Wildman–Crippen MR) is 97.4 cm³/mol. The fourth-order valence-corrected chi connectivity index (χ4v) is 6.53. The average Bonchev–Trinajstić information content (AvgIpc) is 2.89. The highest BCUT2D eigenvalue weighted by Crippen LogP contribution is 2.63. The summed E-state index contributed by atoms with van der Waals surface area (Å²) < 4.78 is 5.75. The molecule has 0 radical (unpaired) electrons. The Balaban J connectivity index is 1.70. The van der Waals surface area contributed by atoms with Crippen LogP contribution in [0.3, 0.4) is 0 Å². The van der Waals surface area contributed by atoms with Crippen LogP contribution in [-0.2, 0) is 16.0 Å². The van der Waals surface area contributed by atoms with Gasteiger partial charge < -0.3 is 9.84 Å². The zero-order valence-corrected chi connectivity index (χ0v) is 15.6. The summed E-state index contributed by atoms with van der Waals surface area (Å²) in [6.45, 7) is 6.22. The highest BCUT2D eigenvalue weighted by molar-refractivity contribution is 5.66. The van der Waals surface area contributed by atoms with E-state index in [-0.39, 0.29) is 17.5 Å². The Morgan fingerprint density at radius 3 is 2.84 bits per heavy atom. The minimum atomic E-state index is -0.134. The SMILES string of the molecule is CC[C@H]1Cc2cc(O)ccc2C2CC[C@@]3(C)C(CC[C@@H]3OC(C)=O)C21. The van der Waals surface area contributed by atoms with Gasteiger partial charge in [-0.2, -0.15) is 0 Å². The number of hydrogen-bond donors (Lipinski definition) is 1. The highest BCUT2D eigenvalue weighted by Gasteiger charge is 2.57. The molecular formula is C22H30O3. The van der Waals surface area contributed by atoms with E-state index in [9.17, 15) is 9.90 Å². The van der Waals surface area contributed by atoms with E-state index < -0.39 is 0 Å². The molecule has 3 aliphatic carbocycles. The molecule has 136 valence electrons. The molecule has 0 bridgehead atoms. The summed E-state index contributed by atoms with van der Waals surface area (Å²) >= 11 is 0. The maximum Gasteiger partial charge on any atom is 0.302 e. The highest BCUT2D eigenvalue weighted by atomic mass is 16.5. The van der Waals surface area contributed by atoms with Gasteiger partial charge in [0.2, 0.25) is 0 Å². The minimum absolute atomic E-state index is 0.0923. The van der Waals surface area contributed by atoms with Crippen LogP contribution in [-0.4, -0.2) is 17.2 Å². The van der Waals surface area contributed by atoms with Gasteiger partial charge in [0.1, 0.15) is 11.9 Å². The molecule has 0 aliphatic heterocycles. The first-order valence-electron chi connectivity index (χ1n) is 9.93. The van der Waals surface area contributed by atoms with Crippen LogP contribution in [0.4, 0.5) is 0 Å².